The van der Waals surface area contributed by atoms with Gasteiger partial charge in [-0.05, 0) is 24.6 Å². The Morgan fingerprint density at radius 1 is 1.60 bits per heavy atom. The smallest absolute Gasteiger partial charge is 0.232 e. The van der Waals surface area contributed by atoms with Crippen molar-refractivity contribution < 1.29 is 6.17 Å². The zero-order valence-electron chi connectivity index (χ0n) is 12.0. The molecule has 2 aliphatic heterocycles. The first kappa shape index (κ1) is 10.9. The minimum atomic E-state index is -0.361. The van der Waals surface area contributed by atoms with E-state index in [9.17, 15) is 4.79 Å². The quantitative estimate of drug-likeness (QED) is 0.876. The van der Waals surface area contributed by atoms with E-state index >= 15 is 0 Å². The number of nitrogens with zero attached hydrogens (tertiary/aromatic N) is 2. The molecular formula is C15H15N3OS. The largest absolute Gasteiger partial charge is 0.370 e. The fourth-order valence-electron chi connectivity index (χ4n) is 3.21. The van der Waals surface area contributed by atoms with Crippen molar-refractivity contribution in [1.82, 2.24) is 10.3 Å². The summed E-state index contributed by atoms with van der Waals surface area (Å²) in [6.45, 7) is 5.32. The van der Waals surface area contributed by atoms with Gasteiger partial charge in [0.05, 0.1) is 22.5 Å². The van der Waals surface area contributed by atoms with Crippen molar-refractivity contribution in [3.63, 3.8) is 0 Å². The predicted molar refractivity (Wildman–Crippen MR) is 80.8 cm³/mol. The highest BCUT2D eigenvalue weighted by Crippen LogP contribution is 2.42. The summed E-state index contributed by atoms with van der Waals surface area (Å²) in [5.74, 6) is 0.0799. The van der Waals surface area contributed by atoms with E-state index in [0.29, 0.717) is 19.0 Å². The summed E-state index contributed by atoms with van der Waals surface area (Å²) < 4.78 is 9.26. The highest BCUT2D eigenvalue weighted by molar-refractivity contribution is 7.16. The number of thiazole rings is 1. The van der Waals surface area contributed by atoms with Crippen LogP contribution < -0.4 is 10.2 Å². The fraction of sp³-hybridized carbons (Fsp3) is 0.333. The zero-order chi connectivity index (χ0) is 14.6. The Kier molecular flexibility index (Phi) is 2.20. The SMILES string of the molecule is [3H]c1cc2scnc2cc1N1CCC2(CC(=C)NC2=O)C1. The molecule has 1 atom stereocenters. The Morgan fingerprint density at radius 3 is 3.30 bits per heavy atom. The van der Waals surface area contributed by atoms with Gasteiger partial charge in [-0.2, -0.15) is 0 Å². The van der Waals surface area contributed by atoms with Gasteiger partial charge in [-0.25, -0.2) is 4.98 Å². The lowest BCUT2D eigenvalue weighted by atomic mass is 9.85. The molecule has 1 spiro atoms. The summed E-state index contributed by atoms with van der Waals surface area (Å²) in [6, 6.07) is 4.33. The number of nitrogens with one attached hydrogen (secondary N) is 1. The van der Waals surface area contributed by atoms with E-state index in [1.165, 1.54) is 0 Å². The van der Waals surface area contributed by atoms with Crippen LogP contribution in [0, 0.1) is 5.41 Å². The summed E-state index contributed by atoms with van der Waals surface area (Å²) >= 11 is 1.55. The van der Waals surface area contributed by atoms with Crippen LogP contribution in [0.25, 0.3) is 10.2 Å². The van der Waals surface area contributed by atoms with Gasteiger partial charge < -0.3 is 10.2 Å². The number of allylic oxidation sites excluding steroid dienone is 1. The first-order valence-electron chi connectivity index (χ1n) is 7.15. The fourth-order valence-corrected chi connectivity index (χ4v) is 3.85. The molecule has 2 saturated heterocycles. The predicted octanol–water partition coefficient (Wildman–Crippen LogP) is 2.53. The van der Waals surface area contributed by atoms with Crippen LogP contribution in [0.4, 0.5) is 5.69 Å². The lowest BCUT2D eigenvalue weighted by molar-refractivity contribution is -0.126. The topological polar surface area (TPSA) is 45.2 Å². The van der Waals surface area contributed by atoms with Crippen molar-refractivity contribution in [1.29, 1.82) is 0 Å². The van der Waals surface area contributed by atoms with Crippen LogP contribution >= 0.6 is 11.3 Å². The molecule has 1 N–H and O–H groups in total. The van der Waals surface area contributed by atoms with Crippen LogP contribution in [0.3, 0.4) is 0 Å². The van der Waals surface area contributed by atoms with Crippen LogP contribution in [0.15, 0.2) is 36.0 Å². The molecule has 0 saturated carbocycles. The summed E-state index contributed by atoms with van der Waals surface area (Å²) in [4.78, 5) is 18.6. The second-order valence-corrected chi connectivity index (χ2v) is 6.49. The number of anilines is 1. The first-order valence-corrected chi connectivity index (χ1v) is 7.53. The summed E-state index contributed by atoms with van der Waals surface area (Å²) in [6.07, 6.45) is 1.51. The second-order valence-electron chi connectivity index (χ2n) is 5.61. The molecule has 102 valence electrons. The average Bonchev–Trinajstić information content (AvgIpc) is 3.10. The van der Waals surface area contributed by atoms with Gasteiger partial charge in [-0.15, -0.1) is 11.3 Å². The molecule has 0 bridgehead atoms. The third-order valence-electron chi connectivity index (χ3n) is 4.27. The minimum Gasteiger partial charge on any atom is -0.370 e. The van der Waals surface area contributed by atoms with Gasteiger partial charge in [-0.3, -0.25) is 4.79 Å². The summed E-state index contributed by atoms with van der Waals surface area (Å²) in [7, 11) is 0. The molecule has 4 rings (SSSR count). The first-order chi connectivity index (χ1) is 10.1. The normalized spacial score (nSPS) is 26.6. The monoisotopic (exact) mass is 287 g/mol. The van der Waals surface area contributed by atoms with Gasteiger partial charge in [0.1, 0.15) is 0 Å². The van der Waals surface area contributed by atoms with Crippen LogP contribution in [-0.4, -0.2) is 24.0 Å². The Hall–Kier alpha value is -1.88. The van der Waals surface area contributed by atoms with E-state index in [1.807, 2.05) is 12.1 Å². The molecule has 0 radical (unpaired) electrons. The Morgan fingerprint density at radius 2 is 2.50 bits per heavy atom. The van der Waals surface area contributed by atoms with E-state index in [4.69, 9.17) is 1.37 Å². The van der Waals surface area contributed by atoms with Crippen LogP contribution in [-0.2, 0) is 4.79 Å². The molecule has 1 amide bonds. The van der Waals surface area contributed by atoms with E-state index in [0.717, 1.165) is 34.6 Å². The van der Waals surface area contributed by atoms with Crippen molar-refractivity contribution in [3.05, 3.63) is 36.0 Å². The van der Waals surface area contributed by atoms with Crippen LogP contribution in [0.5, 0.6) is 0 Å². The molecule has 20 heavy (non-hydrogen) atoms. The van der Waals surface area contributed by atoms with Gasteiger partial charge in [0.15, 0.2) is 0 Å². The van der Waals surface area contributed by atoms with Gasteiger partial charge in [0, 0.05) is 30.9 Å². The lowest BCUT2D eigenvalue weighted by Crippen LogP contribution is -2.34. The number of hydrogen-bond donors (Lipinski definition) is 1. The summed E-state index contributed by atoms with van der Waals surface area (Å²) in [5, 5.41) is 2.84. The molecule has 0 aliphatic carbocycles. The molecule has 2 aromatic rings. The van der Waals surface area contributed by atoms with E-state index in [1.54, 1.807) is 16.8 Å². The number of amides is 1. The molecule has 1 aromatic heterocycles. The standard InChI is InChI=1S/C15H15N3OS/c1-10-7-15(14(19)17-10)4-5-18(8-15)11-2-3-13-12(6-11)16-9-20-13/h2-3,6,9H,1,4-5,7-8H2,(H,17,19)/i2T. The maximum absolute atomic E-state index is 12.2. The van der Waals surface area contributed by atoms with E-state index in [-0.39, 0.29) is 11.3 Å². The van der Waals surface area contributed by atoms with Crippen LogP contribution in [0.1, 0.15) is 14.2 Å². The number of fused-ring (bicyclic) bond motifs is 1. The number of benzene rings is 1. The number of aromatic nitrogens is 1. The van der Waals surface area contributed by atoms with Crippen molar-refractivity contribution in [2.24, 2.45) is 5.41 Å². The van der Waals surface area contributed by atoms with Crippen LogP contribution in [0.2, 0.25) is 0 Å². The highest BCUT2D eigenvalue weighted by atomic mass is 32.1. The van der Waals surface area contributed by atoms with Gasteiger partial charge in [-0.1, -0.05) is 6.58 Å². The Labute approximate surface area is 122 Å². The lowest BCUT2D eigenvalue weighted by Gasteiger charge is -2.22. The Bertz CT molecular complexity index is 771. The molecule has 4 nitrogen and oxygen atoms in total. The van der Waals surface area contributed by atoms with Gasteiger partial charge >= 0.3 is 0 Å². The molecular weight excluding hydrogens is 270 g/mol. The number of carbonyl (C=O) groups excluding carboxylic acids is 1. The average molecular weight is 287 g/mol. The van der Waals surface area contributed by atoms with Gasteiger partial charge in [0.25, 0.3) is 0 Å². The van der Waals surface area contributed by atoms with Crippen molar-refractivity contribution >= 4 is 33.1 Å². The third kappa shape index (κ3) is 1.66. The number of carbonyl (C=O) groups is 1. The minimum absolute atomic E-state index is 0.0799. The van der Waals surface area contributed by atoms with Crippen molar-refractivity contribution in [2.45, 2.75) is 12.8 Å². The highest BCUT2D eigenvalue weighted by Gasteiger charge is 2.48. The maximum Gasteiger partial charge on any atom is 0.232 e. The molecule has 3 heterocycles. The Balaban J connectivity index is 1.69. The second kappa shape index (κ2) is 4.06. The van der Waals surface area contributed by atoms with Crippen molar-refractivity contribution in [3.8, 4) is 0 Å². The summed E-state index contributed by atoms with van der Waals surface area (Å²) in [5.41, 5.74) is 4.04. The maximum atomic E-state index is 12.2. The molecule has 1 unspecified atom stereocenters. The van der Waals surface area contributed by atoms with E-state index < -0.39 is 0 Å². The number of hydrogen-bond acceptors (Lipinski definition) is 4. The third-order valence-corrected chi connectivity index (χ3v) is 5.06. The van der Waals surface area contributed by atoms with E-state index in [2.05, 4.69) is 21.8 Å². The zero-order valence-corrected chi connectivity index (χ0v) is 11.8. The number of rotatable bonds is 1. The molecule has 5 heteroatoms. The van der Waals surface area contributed by atoms with Gasteiger partial charge in [0.2, 0.25) is 5.91 Å². The molecule has 2 fully saturated rings. The molecule has 2 aliphatic rings. The molecule has 1 aromatic carbocycles. The van der Waals surface area contributed by atoms with Crippen molar-refractivity contribution in [2.75, 3.05) is 18.0 Å².